The van der Waals surface area contributed by atoms with Crippen LogP contribution >= 0.6 is 0 Å². The second-order valence-electron chi connectivity index (χ2n) is 6.20. The van der Waals surface area contributed by atoms with E-state index in [1.54, 1.807) is 0 Å². The largest absolute Gasteiger partial charge is 0.307 e. The molecule has 21 heavy (non-hydrogen) atoms. The minimum absolute atomic E-state index is 0.297. The highest BCUT2D eigenvalue weighted by molar-refractivity contribution is 5.36. The van der Waals surface area contributed by atoms with E-state index in [0.717, 1.165) is 12.5 Å². The van der Waals surface area contributed by atoms with Gasteiger partial charge in [0.05, 0.1) is 6.04 Å². The highest BCUT2D eigenvalue weighted by Gasteiger charge is 2.20. The third kappa shape index (κ3) is 3.19. The minimum atomic E-state index is 0.297. The lowest BCUT2D eigenvalue weighted by molar-refractivity contribution is 0.419. The molecule has 1 nitrogen and oxygen atoms in total. The summed E-state index contributed by atoms with van der Waals surface area (Å²) in [4.78, 5) is 0. The molecule has 0 radical (unpaired) electrons. The highest BCUT2D eigenvalue weighted by Crippen LogP contribution is 2.36. The average molecular weight is 279 g/mol. The fraction of sp³-hybridized carbons (Fsp3) is 0.400. The van der Waals surface area contributed by atoms with Crippen LogP contribution in [-0.2, 0) is 0 Å². The van der Waals surface area contributed by atoms with Crippen molar-refractivity contribution < 1.29 is 0 Å². The van der Waals surface area contributed by atoms with Crippen molar-refractivity contribution in [3.8, 4) is 0 Å². The zero-order chi connectivity index (χ0) is 14.7. The fourth-order valence-corrected chi connectivity index (χ4v) is 3.09. The van der Waals surface area contributed by atoms with Crippen LogP contribution in [0.15, 0.2) is 48.5 Å². The third-order valence-electron chi connectivity index (χ3n) is 4.67. The van der Waals surface area contributed by atoms with Crippen molar-refractivity contribution in [1.82, 2.24) is 5.32 Å². The van der Waals surface area contributed by atoms with Crippen LogP contribution in [0.3, 0.4) is 0 Å². The summed E-state index contributed by atoms with van der Waals surface area (Å²) in [5.41, 5.74) is 5.54. The maximum Gasteiger partial charge on any atom is 0.0576 e. The first-order valence-electron chi connectivity index (χ1n) is 8.17. The van der Waals surface area contributed by atoms with Crippen LogP contribution < -0.4 is 5.32 Å². The van der Waals surface area contributed by atoms with Gasteiger partial charge in [-0.25, -0.2) is 0 Å². The zero-order valence-corrected chi connectivity index (χ0v) is 13.1. The Hall–Kier alpha value is -1.60. The summed E-state index contributed by atoms with van der Waals surface area (Å²) in [5.74, 6) is 0.816. The maximum absolute atomic E-state index is 3.61. The molecule has 0 aliphatic heterocycles. The first-order valence-corrected chi connectivity index (χ1v) is 8.17. The summed E-state index contributed by atoms with van der Waals surface area (Å²) < 4.78 is 0. The second kappa shape index (κ2) is 6.44. The van der Waals surface area contributed by atoms with Crippen LogP contribution in [0.5, 0.6) is 0 Å². The van der Waals surface area contributed by atoms with Crippen molar-refractivity contribution in [3.05, 3.63) is 70.8 Å². The van der Waals surface area contributed by atoms with Gasteiger partial charge in [0, 0.05) is 0 Å². The Bertz CT molecular complexity index is 564. The van der Waals surface area contributed by atoms with Crippen molar-refractivity contribution in [2.45, 2.75) is 45.1 Å². The van der Waals surface area contributed by atoms with Gasteiger partial charge < -0.3 is 5.32 Å². The molecule has 1 heteroatoms. The first kappa shape index (κ1) is 14.3. The quantitative estimate of drug-likeness (QED) is 0.815. The van der Waals surface area contributed by atoms with Crippen LogP contribution in [0.1, 0.15) is 60.4 Å². The standard InChI is InChI=1S/C20H25N/c1-3-21-20(18-9-7-15(2)8-10-18)19-13-11-17(12-14-19)16-5-4-6-16/h7-14,16,20-21H,3-6H2,1-2H3. The molecule has 1 unspecified atom stereocenters. The minimum Gasteiger partial charge on any atom is -0.307 e. The molecule has 2 aromatic carbocycles. The topological polar surface area (TPSA) is 12.0 Å². The molecular formula is C20H25N. The molecule has 1 N–H and O–H groups in total. The number of hydrogen-bond acceptors (Lipinski definition) is 1. The normalized spacial score (nSPS) is 16.5. The van der Waals surface area contributed by atoms with Crippen molar-refractivity contribution in [2.75, 3.05) is 6.54 Å². The van der Waals surface area contributed by atoms with Gasteiger partial charge in [0.1, 0.15) is 0 Å². The SMILES string of the molecule is CCNC(c1ccc(C)cc1)c1ccc(C2CCC2)cc1. The van der Waals surface area contributed by atoms with E-state index in [-0.39, 0.29) is 0 Å². The predicted molar refractivity (Wildman–Crippen MR) is 89.7 cm³/mol. The van der Waals surface area contributed by atoms with Gasteiger partial charge in [0.15, 0.2) is 0 Å². The van der Waals surface area contributed by atoms with Gasteiger partial charge in [0.25, 0.3) is 0 Å². The van der Waals surface area contributed by atoms with Crippen molar-refractivity contribution in [2.24, 2.45) is 0 Å². The third-order valence-corrected chi connectivity index (χ3v) is 4.67. The van der Waals surface area contributed by atoms with Gasteiger partial charge in [-0.2, -0.15) is 0 Å². The molecule has 1 saturated carbocycles. The summed E-state index contributed by atoms with van der Waals surface area (Å²) in [6.45, 7) is 5.28. The average Bonchev–Trinajstić information content (AvgIpc) is 2.45. The van der Waals surface area contributed by atoms with Crippen LogP contribution in [0.25, 0.3) is 0 Å². The molecule has 0 bridgehead atoms. The van der Waals surface area contributed by atoms with Gasteiger partial charge in [-0.1, -0.05) is 67.4 Å². The smallest absolute Gasteiger partial charge is 0.0576 e. The highest BCUT2D eigenvalue weighted by atomic mass is 14.9. The number of nitrogens with one attached hydrogen (secondary N) is 1. The summed E-state index contributed by atoms with van der Waals surface area (Å²) in [6, 6.07) is 18.4. The molecule has 1 aliphatic rings. The van der Waals surface area contributed by atoms with E-state index >= 15 is 0 Å². The van der Waals surface area contributed by atoms with E-state index < -0.39 is 0 Å². The van der Waals surface area contributed by atoms with Gasteiger partial charge in [-0.3, -0.25) is 0 Å². The van der Waals surface area contributed by atoms with Gasteiger partial charge in [-0.15, -0.1) is 0 Å². The maximum atomic E-state index is 3.61. The Morgan fingerprint density at radius 3 is 2.00 bits per heavy atom. The lowest BCUT2D eigenvalue weighted by atomic mass is 9.79. The molecule has 0 heterocycles. The van der Waals surface area contributed by atoms with Crippen molar-refractivity contribution >= 4 is 0 Å². The molecule has 1 atom stereocenters. The zero-order valence-electron chi connectivity index (χ0n) is 13.1. The molecule has 0 aromatic heterocycles. The van der Waals surface area contributed by atoms with Crippen molar-refractivity contribution in [3.63, 3.8) is 0 Å². The molecule has 2 aromatic rings. The first-order chi connectivity index (χ1) is 10.3. The van der Waals surface area contributed by atoms with Gasteiger partial charge in [-0.05, 0) is 48.9 Å². The number of hydrogen-bond donors (Lipinski definition) is 1. The molecule has 0 amide bonds. The summed E-state index contributed by atoms with van der Waals surface area (Å²) in [6.07, 6.45) is 4.14. The number of aryl methyl sites for hydroxylation is 1. The van der Waals surface area contributed by atoms with Crippen LogP contribution in [-0.4, -0.2) is 6.54 Å². The van der Waals surface area contributed by atoms with E-state index in [4.69, 9.17) is 0 Å². The summed E-state index contributed by atoms with van der Waals surface area (Å²) in [5, 5.41) is 3.61. The second-order valence-corrected chi connectivity index (χ2v) is 6.20. The lowest BCUT2D eigenvalue weighted by Gasteiger charge is -2.26. The lowest BCUT2D eigenvalue weighted by Crippen LogP contribution is -2.22. The van der Waals surface area contributed by atoms with Crippen LogP contribution in [0.4, 0.5) is 0 Å². The molecule has 1 aliphatic carbocycles. The van der Waals surface area contributed by atoms with E-state index in [1.165, 1.54) is 41.5 Å². The molecule has 110 valence electrons. The van der Waals surface area contributed by atoms with E-state index in [9.17, 15) is 0 Å². The Morgan fingerprint density at radius 2 is 1.52 bits per heavy atom. The van der Waals surface area contributed by atoms with E-state index in [2.05, 4.69) is 67.7 Å². The Balaban J connectivity index is 1.84. The Morgan fingerprint density at radius 1 is 0.952 bits per heavy atom. The molecule has 0 spiro atoms. The summed E-state index contributed by atoms with van der Waals surface area (Å²) >= 11 is 0. The molecule has 1 fully saturated rings. The van der Waals surface area contributed by atoms with E-state index in [0.29, 0.717) is 6.04 Å². The molecule has 3 rings (SSSR count). The Kier molecular flexibility index (Phi) is 4.40. The monoisotopic (exact) mass is 279 g/mol. The Labute approximate surface area is 128 Å². The predicted octanol–water partition coefficient (Wildman–Crippen LogP) is 4.96. The van der Waals surface area contributed by atoms with Crippen molar-refractivity contribution in [1.29, 1.82) is 0 Å². The van der Waals surface area contributed by atoms with Crippen LogP contribution in [0.2, 0.25) is 0 Å². The van der Waals surface area contributed by atoms with Gasteiger partial charge >= 0.3 is 0 Å². The summed E-state index contributed by atoms with van der Waals surface area (Å²) in [7, 11) is 0. The molecule has 0 saturated heterocycles. The number of benzene rings is 2. The molecular weight excluding hydrogens is 254 g/mol. The van der Waals surface area contributed by atoms with Crippen LogP contribution in [0, 0.1) is 6.92 Å². The number of rotatable bonds is 5. The van der Waals surface area contributed by atoms with Gasteiger partial charge in [0.2, 0.25) is 0 Å². The van der Waals surface area contributed by atoms with E-state index in [1.807, 2.05) is 0 Å². The fourth-order valence-electron chi connectivity index (χ4n) is 3.09.